The molecular weight excluding hydrogens is 277 g/mol. The molecule has 0 heterocycles. The molecule has 2 nitrogen and oxygen atoms in total. The van der Waals surface area contributed by atoms with E-state index in [9.17, 15) is 0 Å². The van der Waals surface area contributed by atoms with E-state index in [1.54, 1.807) is 17.8 Å². The molecule has 0 fully saturated rings. The van der Waals surface area contributed by atoms with Crippen LogP contribution in [0.4, 0.5) is 0 Å². The molecule has 3 N–H and O–H groups in total. The third kappa shape index (κ3) is 5.06. The molecule has 1 rings (SSSR count). The molecule has 0 bridgehead atoms. The van der Waals surface area contributed by atoms with Crippen molar-refractivity contribution in [1.29, 1.82) is 0 Å². The van der Waals surface area contributed by atoms with Crippen LogP contribution in [0.15, 0.2) is 23.1 Å². The molecule has 0 aliphatic rings. The molecule has 0 aliphatic carbocycles. The standard InChI is InChI=1S/C12H17Cl2NOS/c1-8(6-12(2,15)7-16)17-9-3-4-10(13)11(14)5-9/h3-5,8,16H,6-7,15H2,1-2H3. The monoisotopic (exact) mass is 293 g/mol. The number of benzene rings is 1. The Labute approximate surface area is 116 Å². The molecule has 1 aromatic carbocycles. The van der Waals surface area contributed by atoms with Gasteiger partial charge in [0.15, 0.2) is 0 Å². The normalized spacial score (nSPS) is 16.6. The van der Waals surface area contributed by atoms with Gasteiger partial charge >= 0.3 is 0 Å². The highest BCUT2D eigenvalue weighted by Crippen LogP contribution is 2.32. The van der Waals surface area contributed by atoms with Crippen molar-refractivity contribution in [2.24, 2.45) is 5.73 Å². The van der Waals surface area contributed by atoms with Gasteiger partial charge in [-0.15, -0.1) is 11.8 Å². The third-order valence-corrected chi connectivity index (χ3v) is 4.18. The molecule has 2 atom stereocenters. The van der Waals surface area contributed by atoms with Gasteiger partial charge < -0.3 is 10.8 Å². The van der Waals surface area contributed by atoms with Crippen LogP contribution < -0.4 is 5.73 Å². The van der Waals surface area contributed by atoms with Gasteiger partial charge in [0, 0.05) is 15.7 Å². The van der Waals surface area contributed by atoms with Crippen molar-refractivity contribution in [2.45, 2.75) is 36.0 Å². The molecule has 96 valence electrons. The van der Waals surface area contributed by atoms with E-state index in [1.165, 1.54) is 0 Å². The van der Waals surface area contributed by atoms with Crippen molar-refractivity contribution in [2.75, 3.05) is 6.61 Å². The Morgan fingerprint density at radius 2 is 2.06 bits per heavy atom. The van der Waals surface area contributed by atoms with Gasteiger partial charge in [-0.3, -0.25) is 0 Å². The van der Waals surface area contributed by atoms with Gasteiger partial charge in [0.1, 0.15) is 0 Å². The van der Waals surface area contributed by atoms with Crippen molar-refractivity contribution >= 4 is 35.0 Å². The van der Waals surface area contributed by atoms with Crippen molar-refractivity contribution in [3.8, 4) is 0 Å². The molecule has 0 radical (unpaired) electrons. The molecule has 2 unspecified atom stereocenters. The van der Waals surface area contributed by atoms with E-state index in [2.05, 4.69) is 6.92 Å². The Hall–Kier alpha value is 0.0700. The first-order chi connectivity index (χ1) is 7.84. The minimum atomic E-state index is -0.539. The van der Waals surface area contributed by atoms with Crippen LogP contribution in [-0.4, -0.2) is 22.5 Å². The zero-order chi connectivity index (χ0) is 13.1. The fourth-order valence-electron chi connectivity index (χ4n) is 1.55. The molecule has 1 aromatic rings. The maximum atomic E-state index is 9.12. The van der Waals surface area contributed by atoms with Crippen molar-refractivity contribution in [1.82, 2.24) is 0 Å². The predicted octanol–water partition coefficient (Wildman–Crippen LogP) is 3.57. The van der Waals surface area contributed by atoms with E-state index in [0.29, 0.717) is 15.3 Å². The predicted molar refractivity (Wildman–Crippen MR) is 76.1 cm³/mol. The fraction of sp³-hybridized carbons (Fsp3) is 0.500. The van der Waals surface area contributed by atoms with Crippen molar-refractivity contribution in [3.05, 3.63) is 28.2 Å². The average molecular weight is 294 g/mol. The molecule has 5 heteroatoms. The summed E-state index contributed by atoms with van der Waals surface area (Å²) in [6.07, 6.45) is 0.731. The van der Waals surface area contributed by atoms with Crippen LogP contribution in [0.2, 0.25) is 10.0 Å². The summed E-state index contributed by atoms with van der Waals surface area (Å²) in [7, 11) is 0. The number of aliphatic hydroxyl groups is 1. The van der Waals surface area contributed by atoms with Gasteiger partial charge in [0.05, 0.1) is 16.7 Å². The van der Waals surface area contributed by atoms with Crippen molar-refractivity contribution in [3.63, 3.8) is 0 Å². The maximum absolute atomic E-state index is 9.12. The number of rotatable bonds is 5. The minimum Gasteiger partial charge on any atom is -0.394 e. The van der Waals surface area contributed by atoms with Crippen LogP contribution in [0.3, 0.4) is 0 Å². The Morgan fingerprint density at radius 1 is 1.41 bits per heavy atom. The third-order valence-electron chi connectivity index (χ3n) is 2.34. The van der Waals surface area contributed by atoms with E-state index >= 15 is 0 Å². The number of aliphatic hydroxyl groups excluding tert-OH is 1. The quantitative estimate of drug-likeness (QED) is 0.816. The van der Waals surface area contributed by atoms with E-state index in [0.717, 1.165) is 11.3 Å². The molecule has 17 heavy (non-hydrogen) atoms. The van der Waals surface area contributed by atoms with Gasteiger partial charge in [0.2, 0.25) is 0 Å². The Bertz CT molecular complexity index is 385. The lowest BCUT2D eigenvalue weighted by Gasteiger charge is -2.25. The van der Waals surface area contributed by atoms with Gasteiger partial charge in [-0.2, -0.15) is 0 Å². The largest absolute Gasteiger partial charge is 0.394 e. The average Bonchev–Trinajstić information content (AvgIpc) is 2.23. The molecule has 0 amide bonds. The summed E-state index contributed by atoms with van der Waals surface area (Å²) < 4.78 is 0. The van der Waals surface area contributed by atoms with Crippen LogP contribution in [0, 0.1) is 0 Å². The smallest absolute Gasteiger partial charge is 0.0608 e. The number of nitrogens with two attached hydrogens (primary N) is 1. The highest BCUT2D eigenvalue weighted by molar-refractivity contribution is 8.00. The van der Waals surface area contributed by atoms with Gasteiger partial charge in [-0.05, 0) is 31.5 Å². The number of thioether (sulfide) groups is 1. The molecule has 0 saturated carbocycles. The van der Waals surface area contributed by atoms with E-state index in [1.807, 2.05) is 19.1 Å². The van der Waals surface area contributed by atoms with Crippen LogP contribution in [-0.2, 0) is 0 Å². The van der Waals surface area contributed by atoms with Crippen LogP contribution in [0.1, 0.15) is 20.3 Å². The first-order valence-corrected chi connectivity index (χ1v) is 6.99. The van der Waals surface area contributed by atoms with Gasteiger partial charge in [-0.1, -0.05) is 30.1 Å². The van der Waals surface area contributed by atoms with E-state index in [4.69, 9.17) is 34.0 Å². The summed E-state index contributed by atoms with van der Waals surface area (Å²) in [6, 6.07) is 5.56. The van der Waals surface area contributed by atoms with Crippen LogP contribution in [0.5, 0.6) is 0 Å². The second kappa shape index (κ2) is 6.30. The summed E-state index contributed by atoms with van der Waals surface area (Å²) in [5.41, 5.74) is 5.38. The fourth-order valence-corrected chi connectivity index (χ4v) is 3.17. The maximum Gasteiger partial charge on any atom is 0.0608 e. The second-order valence-electron chi connectivity index (χ2n) is 4.52. The topological polar surface area (TPSA) is 46.2 Å². The molecule has 0 aliphatic heterocycles. The van der Waals surface area contributed by atoms with Crippen LogP contribution >= 0.6 is 35.0 Å². The number of hydrogen-bond acceptors (Lipinski definition) is 3. The zero-order valence-electron chi connectivity index (χ0n) is 9.91. The SMILES string of the molecule is CC(CC(C)(N)CO)Sc1ccc(Cl)c(Cl)c1. The Morgan fingerprint density at radius 3 is 2.59 bits per heavy atom. The van der Waals surface area contributed by atoms with Crippen LogP contribution in [0.25, 0.3) is 0 Å². The zero-order valence-corrected chi connectivity index (χ0v) is 12.2. The highest BCUT2D eigenvalue weighted by Gasteiger charge is 2.21. The summed E-state index contributed by atoms with van der Waals surface area (Å²) in [4.78, 5) is 1.06. The summed E-state index contributed by atoms with van der Waals surface area (Å²) in [6.45, 7) is 3.91. The molecular formula is C12H17Cl2NOS. The van der Waals surface area contributed by atoms with E-state index in [-0.39, 0.29) is 6.61 Å². The van der Waals surface area contributed by atoms with E-state index < -0.39 is 5.54 Å². The minimum absolute atomic E-state index is 0.0146. The Balaban J connectivity index is 2.62. The summed E-state index contributed by atoms with van der Waals surface area (Å²) in [5, 5.41) is 10.5. The molecule has 0 saturated heterocycles. The summed E-state index contributed by atoms with van der Waals surface area (Å²) in [5.74, 6) is 0. The lowest BCUT2D eigenvalue weighted by atomic mass is 9.99. The lowest BCUT2D eigenvalue weighted by molar-refractivity contribution is 0.201. The number of halogens is 2. The number of hydrogen-bond donors (Lipinski definition) is 2. The lowest BCUT2D eigenvalue weighted by Crippen LogP contribution is -2.42. The highest BCUT2D eigenvalue weighted by atomic mass is 35.5. The van der Waals surface area contributed by atoms with Crippen molar-refractivity contribution < 1.29 is 5.11 Å². The van der Waals surface area contributed by atoms with Gasteiger partial charge in [-0.25, -0.2) is 0 Å². The first kappa shape index (κ1) is 15.1. The Kier molecular flexibility index (Phi) is 5.61. The first-order valence-electron chi connectivity index (χ1n) is 5.35. The summed E-state index contributed by atoms with van der Waals surface area (Å²) >= 11 is 13.5. The second-order valence-corrected chi connectivity index (χ2v) is 6.85. The molecule has 0 spiro atoms. The van der Waals surface area contributed by atoms with Gasteiger partial charge in [0.25, 0.3) is 0 Å². The molecule has 0 aromatic heterocycles.